The summed E-state index contributed by atoms with van der Waals surface area (Å²) in [6, 6.07) is 0. The van der Waals surface area contributed by atoms with Crippen molar-refractivity contribution in [1.29, 1.82) is 0 Å². The van der Waals surface area contributed by atoms with E-state index in [4.69, 9.17) is 18.9 Å². The topological polar surface area (TPSA) is 36.9 Å². The van der Waals surface area contributed by atoms with Crippen molar-refractivity contribution >= 4 is 45.2 Å². The van der Waals surface area contributed by atoms with Gasteiger partial charge in [0, 0.05) is 0 Å². The summed E-state index contributed by atoms with van der Waals surface area (Å²) >= 11 is 4.62. The zero-order chi connectivity index (χ0) is 9.97. The monoisotopic (exact) mass is 426 g/mol. The Morgan fingerprint density at radius 1 is 0.643 bits per heavy atom. The third kappa shape index (κ3) is 3.14. The first-order chi connectivity index (χ1) is 6.75. The van der Waals surface area contributed by atoms with E-state index >= 15 is 0 Å². The standard InChI is InChI=1S/C8H12I2O4/c9-5-1-11-7(12-2-5)8-13-3-6(10)4-14-8/h5-8H,1-4H2. The van der Waals surface area contributed by atoms with Gasteiger partial charge in [-0.3, -0.25) is 0 Å². The molecule has 14 heavy (non-hydrogen) atoms. The van der Waals surface area contributed by atoms with Gasteiger partial charge in [-0.25, -0.2) is 0 Å². The summed E-state index contributed by atoms with van der Waals surface area (Å²) in [5.74, 6) is 0. The van der Waals surface area contributed by atoms with Crippen LogP contribution in [-0.2, 0) is 18.9 Å². The highest BCUT2D eigenvalue weighted by Crippen LogP contribution is 2.21. The highest BCUT2D eigenvalue weighted by atomic mass is 127. The summed E-state index contributed by atoms with van der Waals surface area (Å²) < 4.78 is 22.8. The molecule has 6 heteroatoms. The van der Waals surface area contributed by atoms with Gasteiger partial charge >= 0.3 is 0 Å². The van der Waals surface area contributed by atoms with Crippen LogP contribution in [0.3, 0.4) is 0 Å². The van der Waals surface area contributed by atoms with Crippen LogP contribution >= 0.6 is 45.2 Å². The lowest BCUT2D eigenvalue weighted by Crippen LogP contribution is -2.46. The van der Waals surface area contributed by atoms with E-state index in [0.29, 0.717) is 34.3 Å². The fraction of sp³-hybridized carbons (Fsp3) is 1.00. The van der Waals surface area contributed by atoms with E-state index in [0.717, 1.165) is 0 Å². The normalized spacial score (nSPS) is 45.0. The van der Waals surface area contributed by atoms with E-state index < -0.39 is 0 Å². The van der Waals surface area contributed by atoms with Gasteiger partial charge in [0.25, 0.3) is 0 Å². The molecule has 0 unspecified atom stereocenters. The molecule has 2 aliphatic rings. The minimum Gasteiger partial charge on any atom is -0.347 e. The van der Waals surface area contributed by atoms with Crippen LogP contribution in [0.5, 0.6) is 0 Å². The average molecular weight is 426 g/mol. The minimum absolute atomic E-state index is 0.343. The van der Waals surface area contributed by atoms with Crippen LogP contribution in [0, 0.1) is 0 Å². The van der Waals surface area contributed by atoms with Crippen molar-refractivity contribution in [1.82, 2.24) is 0 Å². The van der Waals surface area contributed by atoms with Crippen LogP contribution in [-0.4, -0.2) is 46.9 Å². The summed E-state index contributed by atoms with van der Waals surface area (Å²) in [4.78, 5) is 0. The Morgan fingerprint density at radius 2 is 0.929 bits per heavy atom. The molecule has 0 bridgehead atoms. The lowest BCUT2D eigenvalue weighted by molar-refractivity contribution is -0.311. The summed E-state index contributed by atoms with van der Waals surface area (Å²) in [6.07, 6.45) is -0.685. The molecule has 82 valence electrons. The molecule has 2 saturated heterocycles. The van der Waals surface area contributed by atoms with Gasteiger partial charge in [-0.05, 0) is 0 Å². The number of hydrogen-bond donors (Lipinski definition) is 0. The molecule has 2 heterocycles. The molecule has 2 aliphatic heterocycles. The second-order valence-electron chi connectivity index (χ2n) is 3.26. The van der Waals surface area contributed by atoms with Crippen LogP contribution in [0.25, 0.3) is 0 Å². The van der Waals surface area contributed by atoms with E-state index in [-0.39, 0.29) is 12.6 Å². The maximum absolute atomic E-state index is 5.48. The van der Waals surface area contributed by atoms with E-state index in [1.807, 2.05) is 0 Å². The minimum atomic E-state index is -0.343. The molecular formula is C8H12I2O4. The van der Waals surface area contributed by atoms with Crippen LogP contribution in [0.15, 0.2) is 0 Å². The van der Waals surface area contributed by atoms with Gasteiger partial charge in [0.05, 0.1) is 34.3 Å². The molecule has 0 saturated carbocycles. The molecule has 2 fully saturated rings. The van der Waals surface area contributed by atoms with Gasteiger partial charge in [0.1, 0.15) is 0 Å². The Morgan fingerprint density at radius 3 is 1.21 bits per heavy atom. The highest BCUT2D eigenvalue weighted by Gasteiger charge is 2.33. The maximum atomic E-state index is 5.48. The Kier molecular flexibility index (Phi) is 4.69. The third-order valence-electron chi connectivity index (χ3n) is 1.99. The predicted molar refractivity (Wildman–Crippen MR) is 67.0 cm³/mol. The molecule has 0 spiro atoms. The highest BCUT2D eigenvalue weighted by molar-refractivity contribution is 14.1. The van der Waals surface area contributed by atoms with E-state index in [2.05, 4.69) is 45.2 Å². The molecule has 4 nitrogen and oxygen atoms in total. The molecule has 0 aromatic carbocycles. The zero-order valence-corrected chi connectivity index (χ0v) is 11.8. The number of halogens is 2. The maximum Gasteiger partial charge on any atom is 0.209 e. The van der Waals surface area contributed by atoms with Crippen molar-refractivity contribution in [2.75, 3.05) is 26.4 Å². The van der Waals surface area contributed by atoms with Gasteiger partial charge in [-0.2, -0.15) is 0 Å². The van der Waals surface area contributed by atoms with Crippen molar-refractivity contribution in [3.8, 4) is 0 Å². The second-order valence-corrected chi connectivity index (χ2v) is 6.79. The largest absolute Gasteiger partial charge is 0.347 e. The fourth-order valence-electron chi connectivity index (χ4n) is 1.30. The molecule has 0 aromatic heterocycles. The summed E-state index contributed by atoms with van der Waals surface area (Å²) in [5, 5.41) is 0. The van der Waals surface area contributed by atoms with Gasteiger partial charge in [-0.15, -0.1) is 0 Å². The smallest absolute Gasteiger partial charge is 0.209 e. The zero-order valence-electron chi connectivity index (χ0n) is 7.53. The van der Waals surface area contributed by atoms with Crippen molar-refractivity contribution in [3.05, 3.63) is 0 Å². The first-order valence-electron chi connectivity index (χ1n) is 4.50. The van der Waals surface area contributed by atoms with Crippen molar-refractivity contribution in [3.63, 3.8) is 0 Å². The molecule has 0 N–H and O–H groups in total. The van der Waals surface area contributed by atoms with Crippen LogP contribution in [0.2, 0.25) is 0 Å². The molecule has 0 atom stereocenters. The Labute approximate surface area is 110 Å². The Balaban J connectivity index is 1.78. The summed E-state index contributed by atoms with van der Waals surface area (Å²) in [5.41, 5.74) is 0. The molecule has 0 aliphatic carbocycles. The van der Waals surface area contributed by atoms with E-state index in [1.165, 1.54) is 0 Å². The van der Waals surface area contributed by atoms with Crippen LogP contribution in [0.1, 0.15) is 0 Å². The molecule has 0 amide bonds. The quantitative estimate of drug-likeness (QED) is 0.469. The summed E-state index contributed by atoms with van der Waals surface area (Å²) in [7, 11) is 0. The lowest BCUT2D eigenvalue weighted by atomic mass is 10.4. The molecule has 2 rings (SSSR count). The fourth-order valence-corrected chi connectivity index (χ4v) is 2.13. The number of ether oxygens (including phenoxy) is 4. The van der Waals surface area contributed by atoms with Crippen molar-refractivity contribution in [2.45, 2.75) is 20.4 Å². The van der Waals surface area contributed by atoms with Gasteiger partial charge < -0.3 is 18.9 Å². The van der Waals surface area contributed by atoms with Crippen LogP contribution in [0.4, 0.5) is 0 Å². The Bertz CT molecular complexity index is 156. The number of alkyl halides is 2. The predicted octanol–water partition coefficient (Wildman–Crippen LogP) is 1.34. The average Bonchev–Trinajstić information content (AvgIpc) is 2.21. The van der Waals surface area contributed by atoms with Crippen molar-refractivity contribution in [2.24, 2.45) is 0 Å². The first-order valence-corrected chi connectivity index (χ1v) is 6.99. The van der Waals surface area contributed by atoms with Gasteiger partial charge in [0.15, 0.2) is 0 Å². The Hall–Kier alpha value is 1.30. The molecule has 0 radical (unpaired) electrons. The molecular weight excluding hydrogens is 414 g/mol. The van der Waals surface area contributed by atoms with E-state index in [1.54, 1.807) is 0 Å². The van der Waals surface area contributed by atoms with Crippen LogP contribution < -0.4 is 0 Å². The second kappa shape index (κ2) is 5.58. The number of hydrogen-bond acceptors (Lipinski definition) is 4. The number of rotatable bonds is 1. The van der Waals surface area contributed by atoms with Crippen molar-refractivity contribution < 1.29 is 18.9 Å². The van der Waals surface area contributed by atoms with Gasteiger partial charge in [0.2, 0.25) is 12.6 Å². The first kappa shape index (κ1) is 11.8. The third-order valence-corrected chi connectivity index (χ3v) is 3.43. The molecule has 0 aromatic rings. The van der Waals surface area contributed by atoms with E-state index in [9.17, 15) is 0 Å². The SMILES string of the molecule is IC1COC(C2OCC(I)CO2)OC1. The summed E-state index contributed by atoms with van der Waals surface area (Å²) in [6.45, 7) is 2.84. The van der Waals surface area contributed by atoms with Gasteiger partial charge in [-0.1, -0.05) is 45.2 Å². The lowest BCUT2D eigenvalue weighted by Gasteiger charge is -2.35.